The van der Waals surface area contributed by atoms with Crippen LogP contribution in [0.1, 0.15) is 55.8 Å². The number of rotatable bonds is 5. The molecule has 0 aromatic heterocycles. The minimum atomic E-state index is -0.588. The van der Waals surface area contributed by atoms with Crippen LogP contribution in [0.15, 0.2) is 18.2 Å². The molecular weight excluding hydrogens is 398 g/mol. The van der Waals surface area contributed by atoms with Crippen molar-refractivity contribution in [1.82, 2.24) is 15.1 Å². The normalized spacial score (nSPS) is 19.8. The summed E-state index contributed by atoms with van der Waals surface area (Å²) in [6, 6.07) is 4.47. The van der Waals surface area contributed by atoms with Crippen LogP contribution in [0.3, 0.4) is 0 Å². The van der Waals surface area contributed by atoms with Crippen LogP contribution in [-0.4, -0.2) is 66.5 Å². The van der Waals surface area contributed by atoms with Crippen LogP contribution in [-0.2, 0) is 9.59 Å². The first kappa shape index (κ1) is 21.5. The quantitative estimate of drug-likeness (QED) is 0.775. The third-order valence-electron chi connectivity index (χ3n) is 6.52. The average molecular weight is 430 g/mol. The van der Waals surface area contributed by atoms with Gasteiger partial charge in [-0.15, -0.1) is 0 Å². The van der Waals surface area contributed by atoms with E-state index in [-0.39, 0.29) is 30.4 Å². The highest BCUT2D eigenvalue weighted by molar-refractivity contribution is 5.98. The highest BCUT2D eigenvalue weighted by atomic mass is 16.7. The van der Waals surface area contributed by atoms with E-state index in [2.05, 4.69) is 5.32 Å². The molecule has 168 valence electrons. The molecule has 1 aromatic carbocycles. The number of carbonyl (C=O) groups is 3. The van der Waals surface area contributed by atoms with E-state index in [1.165, 1.54) is 0 Å². The lowest BCUT2D eigenvalue weighted by Gasteiger charge is -2.38. The molecular formula is C23H31N3O5. The maximum absolute atomic E-state index is 13.4. The third kappa shape index (κ3) is 4.78. The first-order valence-corrected chi connectivity index (χ1v) is 11.3. The molecule has 31 heavy (non-hydrogen) atoms. The van der Waals surface area contributed by atoms with E-state index < -0.39 is 6.04 Å². The Hall–Kier alpha value is -2.77. The summed E-state index contributed by atoms with van der Waals surface area (Å²) >= 11 is 0. The summed E-state index contributed by atoms with van der Waals surface area (Å²) in [5.41, 5.74) is 0.444. The van der Waals surface area contributed by atoms with E-state index in [0.717, 1.165) is 32.4 Å². The summed E-state index contributed by atoms with van der Waals surface area (Å²) in [5, 5.41) is 3.02. The van der Waals surface area contributed by atoms with Gasteiger partial charge in [-0.2, -0.15) is 0 Å². The summed E-state index contributed by atoms with van der Waals surface area (Å²) < 4.78 is 10.7. The van der Waals surface area contributed by atoms with E-state index in [1.807, 2.05) is 16.7 Å². The summed E-state index contributed by atoms with van der Waals surface area (Å²) in [4.78, 5) is 42.3. The highest BCUT2D eigenvalue weighted by Crippen LogP contribution is 2.32. The van der Waals surface area contributed by atoms with Gasteiger partial charge in [0.15, 0.2) is 11.5 Å². The van der Waals surface area contributed by atoms with Crippen LogP contribution in [0.5, 0.6) is 11.5 Å². The molecule has 1 N–H and O–H groups in total. The predicted octanol–water partition coefficient (Wildman–Crippen LogP) is 2.17. The molecule has 2 saturated heterocycles. The van der Waals surface area contributed by atoms with Crippen molar-refractivity contribution in [3.05, 3.63) is 23.8 Å². The Balaban J connectivity index is 1.49. The van der Waals surface area contributed by atoms with E-state index >= 15 is 0 Å². The lowest BCUT2D eigenvalue weighted by molar-refractivity contribution is -0.136. The van der Waals surface area contributed by atoms with Crippen molar-refractivity contribution in [2.45, 2.75) is 51.5 Å². The Morgan fingerprint density at radius 1 is 1.00 bits per heavy atom. The van der Waals surface area contributed by atoms with E-state index in [9.17, 15) is 14.4 Å². The Bertz CT molecular complexity index is 829. The van der Waals surface area contributed by atoms with Crippen LogP contribution in [0.2, 0.25) is 0 Å². The Morgan fingerprint density at radius 3 is 2.42 bits per heavy atom. The topological polar surface area (TPSA) is 88.2 Å². The van der Waals surface area contributed by atoms with E-state index in [1.54, 1.807) is 18.2 Å². The second-order valence-corrected chi connectivity index (χ2v) is 8.48. The number of ether oxygens (including phenoxy) is 2. The average Bonchev–Trinajstić information content (AvgIpc) is 3.30. The van der Waals surface area contributed by atoms with Gasteiger partial charge in [0.2, 0.25) is 18.6 Å². The number of piperidine rings is 2. The van der Waals surface area contributed by atoms with Crippen LogP contribution in [0, 0.1) is 5.92 Å². The SMILES string of the molecule is CCC(=O)N1CCC([C@@H](NC(=O)c2ccc3c(c2)OCO3)C(=O)N2CCCCC2)CC1. The molecule has 0 bridgehead atoms. The zero-order valence-electron chi connectivity index (χ0n) is 18.1. The number of fused-ring (bicyclic) bond motifs is 1. The van der Waals surface area contributed by atoms with Crippen molar-refractivity contribution in [3.63, 3.8) is 0 Å². The summed E-state index contributed by atoms with van der Waals surface area (Å²) in [7, 11) is 0. The molecule has 1 atom stereocenters. The fourth-order valence-electron chi connectivity index (χ4n) is 4.66. The minimum absolute atomic E-state index is 0.00550. The number of amides is 3. The molecule has 4 rings (SSSR count). The van der Waals surface area contributed by atoms with Crippen LogP contribution >= 0.6 is 0 Å². The molecule has 0 aliphatic carbocycles. The van der Waals surface area contributed by atoms with Crippen molar-refractivity contribution < 1.29 is 23.9 Å². The maximum Gasteiger partial charge on any atom is 0.252 e. The fraction of sp³-hybridized carbons (Fsp3) is 0.609. The van der Waals surface area contributed by atoms with Gasteiger partial charge in [0.25, 0.3) is 5.91 Å². The summed E-state index contributed by atoms with van der Waals surface area (Å²) in [5.74, 6) is 1.01. The van der Waals surface area contributed by atoms with Gasteiger partial charge in [0, 0.05) is 38.2 Å². The molecule has 2 fully saturated rings. The smallest absolute Gasteiger partial charge is 0.252 e. The Kier molecular flexibility index (Phi) is 6.63. The molecule has 3 aliphatic rings. The highest BCUT2D eigenvalue weighted by Gasteiger charge is 2.36. The number of nitrogens with one attached hydrogen (secondary N) is 1. The van der Waals surface area contributed by atoms with Crippen molar-refractivity contribution >= 4 is 17.7 Å². The number of nitrogens with zero attached hydrogens (tertiary/aromatic N) is 2. The van der Waals surface area contributed by atoms with Crippen LogP contribution in [0.4, 0.5) is 0 Å². The van der Waals surface area contributed by atoms with E-state index in [4.69, 9.17) is 9.47 Å². The first-order valence-electron chi connectivity index (χ1n) is 11.3. The molecule has 0 radical (unpaired) electrons. The standard InChI is InChI=1S/C23H31N3O5/c1-2-20(27)25-12-8-16(9-13-25)21(23(29)26-10-4-3-5-11-26)24-22(28)17-6-7-18-19(14-17)31-15-30-18/h6-7,14,16,21H,2-5,8-13,15H2,1H3,(H,24,28)/t21-/m1/s1. The number of hydrogen-bond acceptors (Lipinski definition) is 5. The van der Waals surface area contributed by atoms with Gasteiger partial charge in [-0.3, -0.25) is 14.4 Å². The molecule has 3 heterocycles. The first-order chi connectivity index (χ1) is 15.1. The van der Waals surface area contributed by atoms with Gasteiger partial charge in [0.1, 0.15) is 6.04 Å². The molecule has 0 saturated carbocycles. The Labute approximate surface area is 182 Å². The van der Waals surface area contributed by atoms with Crippen molar-refractivity contribution in [2.24, 2.45) is 5.92 Å². The van der Waals surface area contributed by atoms with Gasteiger partial charge < -0.3 is 24.6 Å². The van der Waals surface area contributed by atoms with Gasteiger partial charge in [-0.1, -0.05) is 6.92 Å². The number of hydrogen-bond donors (Lipinski definition) is 1. The zero-order chi connectivity index (χ0) is 21.8. The molecule has 8 nitrogen and oxygen atoms in total. The van der Waals surface area contributed by atoms with Crippen LogP contribution in [0.25, 0.3) is 0 Å². The fourth-order valence-corrected chi connectivity index (χ4v) is 4.66. The van der Waals surface area contributed by atoms with Crippen molar-refractivity contribution in [2.75, 3.05) is 33.0 Å². The van der Waals surface area contributed by atoms with Gasteiger partial charge in [-0.25, -0.2) is 0 Å². The lowest BCUT2D eigenvalue weighted by atomic mass is 9.87. The Morgan fingerprint density at radius 2 is 1.71 bits per heavy atom. The van der Waals surface area contributed by atoms with Crippen molar-refractivity contribution in [3.8, 4) is 11.5 Å². The maximum atomic E-state index is 13.4. The third-order valence-corrected chi connectivity index (χ3v) is 6.52. The monoisotopic (exact) mass is 429 g/mol. The van der Waals surface area contributed by atoms with Gasteiger partial charge in [-0.05, 0) is 56.2 Å². The molecule has 1 aromatic rings. The molecule has 3 amide bonds. The second-order valence-electron chi connectivity index (χ2n) is 8.48. The van der Waals surface area contributed by atoms with Gasteiger partial charge >= 0.3 is 0 Å². The molecule has 3 aliphatic heterocycles. The number of carbonyl (C=O) groups excluding carboxylic acids is 3. The summed E-state index contributed by atoms with van der Waals surface area (Å²) in [6.45, 7) is 4.74. The zero-order valence-corrected chi connectivity index (χ0v) is 18.1. The largest absolute Gasteiger partial charge is 0.454 e. The lowest BCUT2D eigenvalue weighted by Crippen LogP contribution is -2.55. The predicted molar refractivity (Wildman–Crippen MR) is 114 cm³/mol. The number of likely N-dealkylation sites (tertiary alicyclic amines) is 2. The van der Waals surface area contributed by atoms with E-state index in [0.29, 0.717) is 49.4 Å². The summed E-state index contributed by atoms with van der Waals surface area (Å²) in [6.07, 6.45) is 5.03. The van der Waals surface area contributed by atoms with Crippen LogP contribution < -0.4 is 14.8 Å². The molecule has 0 unspecified atom stereocenters. The second kappa shape index (κ2) is 9.58. The minimum Gasteiger partial charge on any atom is -0.454 e. The number of benzene rings is 1. The van der Waals surface area contributed by atoms with Gasteiger partial charge in [0.05, 0.1) is 0 Å². The molecule has 8 heteroatoms. The molecule has 0 spiro atoms. The van der Waals surface area contributed by atoms with Crippen molar-refractivity contribution in [1.29, 1.82) is 0 Å².